The highest BCUT2D eigenvalue weighted by Gasteiger charge is 2.33. The SMILES string of the molecule is C=CCN1C(=O)/C(=C\c2cscc2-c2ccsc2[N+](=O)[O-])C(=O)NC1=S. The van der Waals surface area contributed by atoms with Crippen LogP contribution in [0.4, 0.5) is 5.00 Å². The Kier molecular flexibility index (Phi) is 5.07. The maximum Gasteiger partial charge on any atom is 0.331 e. The van der Waals surface area contributed by atoms with Gasteiger partial charge >= 0.3 is 5.00 Å². The summed E-state index contributed by atoms with van der Waals surface area (Å²) in [5.41, 5.74) is 1.52. The van der Waals surface area contributed by atoms with Gasteiger partial charge in [0.1, 0.15) is 5.57 Å². The zero-order valence-corrected chi connectivity index (χ0v) is 15.6. The van der Waals surface area contributed by atoms with Gasteiger partial charge in [0.2, 0.25) is 0 Å². The molecule has 132 valence electrons. The van der Waals surface area contributed by atoms with Crippen LogP contribution in [0.2, 0.25) is 0 Å². The van der Waals surface area contributed by atoms with Crippen LogP contribution in [0.15, 0.2) is 40.4 Å². The summed E-state index contributed by atoms with van der Waals surface area (Å²) in [6.07, 6.45) is 2.94. The maximum atomic E-state index is 12.6. The quantitative estimate of drug-likeness (QED) is 0.206. The zero-order chi connectivity index (χ0) is 18.8. The Morgan fingerprint density at radius 2 is 2.12 bits per heavy atom. The van der Waals surface area contributed by atoms with Crippen LogP contribution in [0, 0.1) is 10.1 Å². The first kappa shape index (κ1) is 18.1. The molecule has 0 aromatic carbocycles. The Morgan fingerprint density at radius 1 is 1.35 bits per heavy atom. The highest BCUT2D eigenvalue weighted by Crippen LogP contribution is 2.39. The summed E-state index contributed by atoms with van der Waals surface area (Å²) in [7, 11) is 0. The topological polar surface area (TPSA) is 92.6 Å². The number of nitrogens with zero attached hydrogens (tertiary/aromatic N) is 2. The number of thiophene rings is 2. The molecule has 1 aliphatic heterocycles. The molecule has 3 rings (SSSR count). The molecule has 2 aromatic heterocycles. The number of nitro groups is 1. The lowest BCUT2D eigenvalue weighted by Crippen LogP contribution is -2.53. The molecule has 3 heterocycles. The first-order valence-corrected chi connectivity index (χ1v) is 9.45. The van der Waals surface area contributed by atoms with Gasteiger partial charge in [-0.25, -0.2) is 0 Å². The van der Waals surface area contributed by atoms with E-state index in [-0.39, 0.29) is 22.2 Å². The summed E-state index contributed by atoms with van der Waals surface area (Å²) >= 11 is 7.36. The monoisotopic (exact) mass is 405 g/mol. The zero-order valence-electron chi connectivity index (χ0n) is 13.1. The Labute approximate surface area is 161 Å². The summed E-state index contributed by atoms with van der Waals surface area (Å²) in [5.74, 6) is -1.13. The normalized spacial score (nSPS) is 16.1. The van der Waals surface area contributed by atoms with Crippen molar-refractivity contribution in [2.24, 2.45) is 0 Å². The predicted octanol–water partition coefficient (Wildman–Crippen LogP) is 3.20. The van der Waals surface area contributed by atoms with Crippen LogP contribution in [0.5, 0.6) is 0 Å². The number of rotatable bonds is 5. The highest BCUT2D eigenvalue weighted by molar-refractivity contribution is 7.80. The Balaban J connectivity index is 2.04. The largest absolute Gasteiger partial charge is 0.331 e. The third-order valence-electron chi connectivity index (χ3n) is 3.59. The molecule has 1 aliphatic rings. The Bertz CT molecular complexity index is 973. The van der Waals surface area contributed by atoms with E-state index in [2.05, 4.69) is 11.9 Å². The van der Waals surface area contributed by atoms with Crippen molar-refractivity contribution in [2.45, 2.75) is 0 Å². The molecule has 0 aliphatic carbocycles. The fraction of sp³-hybridized carbons (Fsp3) is 0.0625. The lowest BCUT2D eigenvalue weighted by molar-refractivity contribution is -0.379. The summed E-state index contributed by atoms with van der Waals surface area (Å²) in [6, 6.07) is 1.65. The van der Waals surface area contributed by atoms with Crippen LogP contribution in [0.25, 0.3) is 17.2 Å². The molecule has 0 unspecified atom stereocenters. The lowest BCUT2D eigenvalue weighted by atomic mass is 10.0. The first-order chi connectivity index (χ1) is 12.4. The molecule has 0 spiro atoms. The Morgan fingerprint density at radius 3 is 2.81 bits per heavy atom. The molecule has 1 fully saturated rings. The van der Waals surface area contributed by atoms with Gasteiger partial charge in [0, 0.05) is 12.1 Å². The van der Waals surface area contributed by atoms with Gasteiger partial charge in [0.05, 0.1) is 10.5 Å². The minimum atomic E-state index is -0.600. The average molecular weight is 405 g/mol. The summed E-state index contributed by atoms with van der Waals surface area (Å²) < 4.78 is 0. The van der Waals surface area contributed by atoms with Gasteiger partial charge in [-0.2, -0.15) is 11.3 Å². The van der Waals surface area contributed by atoms with Crippen LogP contribution < -0.4 is 5.32 Å². The van der Waals surface area contributed by atoms with Crippen molar-refractivity contribution in [3.63, 3.8) is 0 Å². The second-order valence-corrected chi connectivity index (χ2v) is 7.18. The van der Waals surface area contributed by atoms with E-state index >= 15 is 0 Å². The van der Waals surface area contributed by atoms with Gasteiger partial charge in [-0.05, 0) is 46.1 Å². The van der Waals surface area contributed by atoms with Gasteiger partial charge in [-0.15, -0.1) is 6.58 Å². The molecular weight excluding hydrogens is 394 g/mol. The van der Waals surface area contributed by atoms with Crippen LogP contribution in [0.3, 0.4) is 0 Å². The van der Waals surface area contributed by atoms with Gasteiger partial charge < -0.3 is 0 Å². The molecule has 2 amide bonds. The number of hydrogen-bond donors (Lipinski definition) is 1. The van der Waals surface area contributed by atoms with E-state index in [1.54, 1.807) is 22.2 Å². The third-order valence-corrected chi connectivity index (χ3v) is 5.54. The average Bonchev–Trinajstić information content (AvgIpc) is 3.23. The highest BCUT2D eigenvalue weighted by atomic mass is 32.1. The van der Waals surface area contributed by atoms with Crippen molar-refractivity contribution in [3.8, 4) is 11.1 Å². The number of carbonyl (C=O) groups is 2. The van der Waals surface area contributed by atoms with Crippen molar-refractivity contribution in [3.05, 3.63) is 56.1 Å². The minimum absolute atomic E-state index is 0.0110. The summed E-state index contributed by atoms with van der Waals surface area (Å²) in [5, 5.41) is 18.8. The molecule has 10 heteroatoms. The van der Waals surface area contributed by atoms with Crippen LogP contribution in [-0.2, 0) is 9.59 Å². The smallest absolute Gasteiger partial charge is 0.298 e. The summed E-state index contributed by atoms with van der Waals surface area (Å²) in [4.78, 5) is 36.8. The van der Waals surface area contributed by atoms with E-state index < -0.39 is 16.7 Å². The second-order valence-electron chi connectivity index (χ2n) is 5.16. The van der Waals surface area contributed by atoms with Crippen molar-refractivity contribution >= 4 is 62.9 Å². The standard InChI is InChI=1S/C16H11N3O4S3/c1-2-4-18-14(21)11(13(20)17-16(18)24)6-9-7-25-8-12(9)10-3-5-26-15(10)19(22)23/h2-3,5-8H,1,4H2,(H,17,20,24)/b11-6-. The van der Waals surface area contributed by atoms with E-state index in [9.17, 15) is 19.7 Å². The maximum absolute atomic E-state index is 12.6. The van der Waals surface area contributed by atoms with Crippen molar-refractivity contribution in [1.82, 2.24) is 10.2 Å². The summed E-state index contributed by atoms with van der Waals surface area (Å²) in [6.45, 7) is 3.74. The first-order valence-electron chi connectivity index (χ1n) is 7.22. The molecule has 2 aromatic rings. The van der Waals surface area contributed by atoms with Gasteiger partial charge in [0.25, 0.3) is 11.8 Å². The number of carbonyl (C=O) groups excluding carboxylic acids is 2. The predicted molar refractivity (Wildman–Crippen MR) is 105 cm³/mol. The van der Waals surface area contributed by atoms with Crippen LogP contribution >= 0.6 is 34.9 Å². The van der Waals surface area contributed by atoms with E-state index in [0.29, 0.717) is 16.7 Å². The molecule has 7 nitrogen and oxygen atoms in total. The number of hydrogen-bond acceptors (Lipinski definition) is 7. The fourth-order valence-corrected chi connectivity index (χ4v) is 4.21. The second kappa shape index (κ2) is 7.28. The molecule has 0 atom stereocenters. The third kappa shape index (κ3) is 3.21. The van der Waals surface area contributed by atoms with E-state index in [0.717, 1.165) is 11.3 Å². The van der Waals surface area contributed by atoms with Crippen molar-refractivity contribution in [1.29, 1.82) is 0 Å². The molecule has 0 radical (unpaired) electrons. The molecule has 1 N–H and O–H groups in total. The van der Waals surface area contributed by atoms with E-state index in [4.69, 9.17) is 12.2 Å². The van der Waals surface area contributed by atoms with E-state index in [1.807, 2.05) is 0 Å². The van der Waals surface area contributed by atoms with Crippen molar-refractivity contribution < 1.29 is 14.5 Å². The van der Waals surface area contributed by atoms with E-state index in [1.165, 1.54) is 28.4 Å². The minimum Gasteiger partial charge on any atom is -0.298 e. The molecule has 0 bridgehead atoms. The lowest BCUT2D eigenvalue weighted by Gasteiger charge is -2.27. The van der Waals surface area contributed by atoms with Crippen LogP contribution in [-0.4, -0.2) is 33.3 Å². The van der Waals surface area contributed by atoms with Gasteiger partial charge in [0.15, 0.2) is 5.11 Å². The van der Waals surface area contributed by atoms with Gasteiger partial charge in [-0.1, -0.05) is 17.4 Å². The number of nitrogens with one attached hydrogen (secondary N) is 1. The number of thiocarbonyl (C=S) groups is 1. The molecule has 26 heavy (non-hydrogen) atoms. The molecule has 0 saturated carbocycles. The fourth-order valence-electron chi connectivity index (χ4n) is 2.43. The number of amides is 2. The molecule has 1 saturated heterocycles. The van der Waals surface area contributed by atoms with Crippen molar-refractivity contribution in [2.75, 3.05) is 6.54 Å². The van der Waals surface area contributed by atoms with Gasteiger partial charge in [-0.3, -0.25) is 29.9 Å². The van der Waals surface area contributed by atoms with Crippen LogP contribution in [0.1, 0.15) is 5.56 Å². The Hall–Kier alpha value is -2.69. The molecular formula is C16H11N3O4S3.